The van der Waals surface area contributed by atoms with Gasteiger partial charge in [0.1, 0.15) is 0 Å². The van der Waals surface area contributed by atoms with Gasteiger partial charge in [0, 0.05) is 22.9 Å². The highest BCUT2D eigenvalue weighted by atomic mass is 32.1. The van der Waals surface area contributed by atoms with Crippen molar-refractivity contribution in [2.45, 2.75) is 58.6 Å². The highest BCUT2D eigenvalue weighted by molar-refractivity contribution is 7.12. The van der Waals surface area contributed by atoms with Gasteiger partial charge in [-0.05, 0) is 20.8 Å². The molecule has 110 valence electrons. The first-order valence-electron chi connectivity index (χ1n) is 6.61. The standard InChI is InChI=1S/C14H26N2O2S/c1-9(15-7-14(6,18)8-17)11-10(2)16-12(19-11)13(3,4)5/h9,15,17-18H,7-8H2,1-6H3. The fraction of sp³-hybridized carbons (Fsp3) is 0.786. The molecule has 3 N–H and O–H groups in total. The first-order chi connectivity index (χ1) is 8.57. The van der Waals surface area contributed by atoms with Crippen LogP contribution in [-0.2, 0) is 5.41 Å². The summed E-state index contributed by atoms with van der Waals surface area (Å²) in [6.07, 6.45) is 0. The topological polar surface area (TPSA) is 65.4 Å². The van der Waals surface area contributed by atoms with Crippen molar-refractivity contribution in [1.29, 1.82) is 0 Å². The molecule has 1 heterocycles. The summed E-state index contributed by atoms with van der Waals surface area (Å²) in [5.74, 6) is 0. The molecule has 0 aliphatic heterocycles. The largest absolute Gasteiger partial charge is 0.393 e. The van der Waals surface area contributed by atoms with Crippen LogP contribution in [0.5, 0.6) is 0 Å². The Hall–Kier alpha value is -0.490. The second-order valence-electron chi connectivity index (χ2n) is 6.48. The normalized spacial score (nSPS) is 17.3. The molecular weight excluding hydrogens is 260 g/mol. The Bertz CT molecular complexity index is 422. The molecule has 0 bridgehead atoms. The van der Waals surface area contributed by atoms with Crippen LogP contribution in [0.25, 0.3) is 0 Å². The molecule has 0 aliphatic rings. The zero-order valence-electron chi connectivity index (χ0n) is 12.7. The van der Waals surface area contributed by atoms with E-state index in [1.165, 1.54) is 4.88 Å². The average Bonchev–Trinajstić information content (AvgIpc) is 2.68. The number of hydrogen-bond donors (Lipinski definition) is 3. The smallest absolute Gasteiger partial charge is 0.0985 e. The third-order valence-corrected chi connectivity index (χ3v) is 4.76. The van der Waals surface area contributed by atoms with E-state index in [2.05, 4.69) is 38.0 Å². The first kappa shape index (κ1) is 16.6. The number of aryl methyl sites for hydroxylation is 1. The summed E-state index contributed by atoms with van der Waals surface area (Å²) in [5.41, 5.74) is 0.0162. The second kappa shape index (κ2) is 5.87. The lowest BCUT2D eigenvalue weighted by molar-refractivity contribution is 0.00111. The van der Waals surface area contributed by atoms with E-state index < -0.39 is 5.60 Å². The molecular formula is C14H26N2O2S. The summed E-state index contributed by atoms with van der Waals surface area (Å²) < 4.78 is 0. The summed E-state index contributed by atoms with van der Waals surface area (Å²) in [6, 6.07) is 0.117. The van der Waals surface area contributed by atoms with E-state index in [1.807, 2.05) is 6.92 Å². The number of nitrogens with one attached hydrogen (secondary N) is 1. The Labute approximate surface area is 119 Å². The third kappa shape index (κ3) is 4.53. The van der Waals surface area contributed by atoms with Crippen LogP contribution >= 0.6 is 11.3 Å². The Morgan fingerprint density at radius 2 is 1.89 bits per heavy atom. The number of rotatable bonds is 5. The molecule has 1 aromatic rings. The maximum Gasteiger partial charge on any atom is 0.0985 e. The SMILES string of the molecule is Cc1nc(C(C)(C)C)sc1C(C)NCC(C)(O)CO. The van der Waals surface area contributed by atoms with Crippen molar-refractivity contribution in [2.75, 3.05) is 13.2 Å². The fourth-order valence-electron chi connectivity index (χ4n) is 1.65. The summed E-state index contributed by atoms with van der Waals surface area (Å²) in [4.78, 5) is 5.83. The van der Waals surface area contributed by atoms with E-state index >= 15 is 0 Å². The van der Waals surface area contributed by atoms with Crippen molar-refractivity contribution in [1.82, 2.24) is 10.3 Å². The van der Waals surface area contributed by atoms with Gasteiger partial charge in [-0.3, -0.25) is 0 Å². The van der Waals surface area contributed by atoms with Crippen molar-refractivity contribution >= 4 is 11.3 Å². The molecule has 19 heavy (non-hydrogen) atoms. The quantitative estimate of drug-likeness (QED) is 0.776. The molecule has 0 saturated heterocycles. The molecule has 0 spiro atoms. The summed E-state index contributed by atoms with van der Waals surface area (Å²) in [7, 11) is 0. The van der Waals surface area contributed by atoms with Gasteiger partial charge in [0.25, 0.3) is 0 Å². The molecule has 0 amide bonds. The van der Waals surface area contributed by atoms with Crippen LogP contribution in [0.1, 0.15) is 56.2 Å². The van der Waals surface area contributed by atoms with E-state index in [9.17, 15) is 5.11 Å². The summed E-state index contributed by atoms with van der Waals surface area (Å²) >= 11 is 1.71. The van der Waals surface area contributed by atoms with Gasteiger partial charge in [0.05, 0.1) is 22.9 Å². The minimum Gasteiger partial charge on any atom is -0.393 e. The van der Waals surface area contributed by atoms with Crippen molar-refractivity contribution in [2.24, 2.45) is 0 Å². The van der Waals surface area contributed by atoms with E-state index in [4.69, 9.17) is 5.11 Å². The van der Waals surface area contributed by atoms with Gasteiger partial charge in [0.15, 0.2) is 0 Å². The minimum atomic E-state index is -1.08. The number of thiazole rings is 1. The molecule has 0 radical (unpaired) electrons. The maximum absolute atomic E-state index is 9.80. The van der Waals surface area contributed by atoms with Crippen LogP contribution in [0.3, 0.4) is 0 Å². The van der Waals surface area contributed by atoms with Gasteiger partial charge >= 0.3 is 0 Å². The monoisotopic (exact) mass is 286 g/mol. The van der Waals surface area contributed by atoms with Crippen LogP contribution in [-0.4, -0.2) is 33.9 Å². The number of aliphatic hydroxyl groups excluding tert-OH is 1. The summed E-state index contributed by atoms with van der Waals surface area (Å²) in [6.45, 7) is 12.3. The van der Waals surface area contributed by atoms with E-state index in [0.29, 0.717) is 6.54 Å². The molecule has 2 unspecified atom stereocenters. The zero-order valence-corrected chi connectivity index (χ0v) is 13.6. The van der Waals surface area contributed by atoms with E-state index in [0.717, 1.165) is 10.7 Å². The Morgan fingerprint density at radius 1 is 1.32 bits per heavy atom. The number of nitrogens with zero attached hydrogens (tertiary/aromatic N) is 1. The second-order valence-corrected chi connectivity index (χ2v) is 7.51. The molecule has 1 rings (SSSR count). The highest BCUT2D eigenvalue weighted by Gasteiger charge is 2.24. The lowest BCUT2D eigenvalue weighted by atomic mass is 9.98. The first-order valence-corrected chi connectivity index (χ1v) is 7.43. The molecule has 0 fully saturated rings. The van der Waals surface area contributed by atoms with Gasteiger partial charge in [-0.25, -0.2) is 4.98 Å². The van der Waals surface area contributed by atoms with Crippen molar-refractivity contribution in [3.63, 3.8) is 0 Å². The Balaban J connectivity index is 2.78. The zero-order chi connectivity index (χ0) is 14.8. The average molecular weight is 286 g/mol. The van der Waals surface area contributed by atoms with Crippen LogP contribution < -0.4 is 5.32 Å². The Kier molecular flexibility index (Phi) is 5.12. The molecule has 2 atom stereocenters. The van der Waals surface area contributed by atoms with Crippen LogP contribution in [0.15, 0.2) is 0 Å². The molecule has 1 aromatic heterocycles. The highest BCUT2D eigenvalue weighted by Crippen LogP contribution is 2.32. The molecule has 4 nitrogen and oxygen atoms in total. The van der Waals surface area contributed by atoms with Crippen LogP contribution in [0, 0.1) is 6.92 Å². The van der Waals surface area contributed by atoms with E-state index in [1.54, 1.807) is 18.3 Å². The van der Waals surface area contributed by atoms with Crippen molar-refractivity contribution in [3.8, 4) is 0 Å². The lowest BCUT2D eigenvalue weighted by Crippen LogP contribution is -2.41. The van der Waals surface area contributed by atoms with Crippen LogP contribution in [0.2, 0.25) is 0 Å². The van der Waals surface area contributed by atoms with Gasteiger partial charge in [-0.2, -0.15) is 0 Å². The Morgan fingerprint density at radius 3 is 2.32 bits per heavy atom. The fourth-order valence-corrected chi connectivity index (χ4v) is 2.80. The van der Waals surface area contributed by atoms with Gasteiger partial charge in [0.2, 0.25) is 0 Å². The molecule has 0 aliphatic carbocycles. The number of aromatic nitrogens is 1. The van der Waals surface area contributed by atoms with Gasteiger partial charge in [-0.15, -0.1) is 11.3 Å². The predicted molar refractivity (Wildman–Crippen MR) is 79.7 cm³/mol. The predicted octanol–water partition coefficient (Wildman–Crippen LogP) is 2.14. The van der Waals surface area contributed by atoms with E-state index in [-0.39, 0.29) is 18.1 Å². The van der Waals surface area contributed by atoms with Crippen molar-refractivity contribution in [3.05, 3.63) is 15.6 Å². The third-order valence-electron chi connectivity index (χ3n) is 3.00. The minimum absolute atomic E-state index is 0.0595. The van der Waals surface area contributed by atoms with Crippen molar-refractivity contribution < 1.29 is 10.2 Å². The van der Waals surface area contributed by atoms with Gasteiger partial charge < -0.3 is 15.5 Å². The van der Waals surface area contributed by atoms with Gasteiger partial charge in [-0.1, -0.05) is 20.8 Å². The lowest BCUT2D eigenvalue weighted by Gasteiger charge is -2.23. The number of hydrogen-bond acceptors (Lipinski definition) is 5. The maximum atomic E-state index is 9.80. The molecule has 0 aromatic carbocycles. The molecule has 5 heteroatoms. The number of aliphatic hydroxyl groups is 2. The molecule has 0 saturated carbocycles. The van der Waals surface area contributed by atoms with Crippen LogP contribution in [0.4, 0.5) is 0 Å². The summed E-state index contributed by atoms with van der Waals surface area (Å²) in [5, 5.41) is 23.2.